The van der Waals surface area contributed by atoms with E-state index in [1.165, 1.54) is 0 Å². The van der Waals surface area contributed by atoms with Crippen molar-refractivity contribution in [2.24, 2.45) is 4.99 Å². The fraction of sp³-hybridized carbons (Fsp3) is 0.200. The topological polar surface area (TPSA) is 27.6 Å². The monoisotopic (exact) mass is 305 g/mol. The van der Waals surface area contributed by atoms with Gasteiger partial charge in [0.05, 0.1) is 21.6 Å². The summed E-state index contributed by atoms with van der Waals surface area (Å²) < 4.78 is 1.08. The zero-order valence-corrected chi connectivity index (χ0v) is 13.2. The highest BCUT2D eigenvalue weighted by molar-refractivity contribution is 8.30. The molecule has 1 N–H and O–H groups in total. The maximum absolute atomic E-state index is 6.77. The van der Waals surface area contributed by atoms with E-state index in [0.717, 1.165) is 31.8 Å². The fourth-order valence-corrected chi connectivity index (χ4v) is 4.61. The molecule has 3 rings (SSSR count). The van der Waals surface area contributed by atoms with Crippen LogP contribution in [0.1, 0.15) is 0 Å². The summed E-state index contributed by atoms with van der Waals surface area (Å²) in [7, 11) is 12.3. The molecule has 0 fully saturated rings. The summed E-state index contributed by atoms with van der Waals surface area (Å²) in [4.78, 5) is 7.94. The van der Waals surface area contributed by atoms with Crippen LogP contribution in [0.15, 0.2) is 46.3 Å². The van der Waals surface area contributed by atoms with Crippen LogP contribution in [0, 0.1) is 4.51 Å². The second-order valence-corrected chi connectivity index (χ2v) is 7.11. The first kappa shape index (κ1) is 13.5. The molecule has 3 nitrogen and oxygen atoms in total. The van der Waals surface area contributed by atoms with E-state index in [-0.39, 0.29) is 0 Å². The van der Waals surface area contributed by atoms with E-state index >= 15 is 0 Å². The number of nitrogens with zero attached hydrogens (tertiary/aromatic N) is 2. The minimum Gasteiger partial charge on any atom is -0.388 e. The summed E-state index contributed by atoms with van der Waals surface area (Å²) in [6.45, 7) is 0. The quantitative estimate of drug-likeness (QED) is 0.855. The number of hydrogen-bond donors (Lipinski definition) is 1. The Morgan fingerprint density at radius 1 is 1.20 bits per heavy atom. The third-order valence-corrected chi connectivity index (χ3v) is 5.77. The first-order valence-corrected chi connectivity index (χ1v) is 8.41. The number of anilines is 2. The minimum absolute atomic E-state index is 0.487. The Morgan fingerprint density at radius 2 is 2.00 bits per heavy atom. The van der Waals surface area contributed by atoms with Crippen LogP contribution in [-0.2, 0) is 0 Å². The van der Waals surface area contributed by atoms with E-state index < -0.39 is 9.70 Å². The van der Waals surface area contributed by atoms with E-state index in [2.05, 4.69) is 22.3 Å². The van der Waals surface area contributed by atoms with Crippen LogP contribution in [0.5, 0.6) is 0 Å². The zero-order valence-electron chi connectivity index (χ0n) is 11.6. The predicted molar refractivity (Wildman–Crippen MR) is 88.1 cm³/mol. The van der Waals surface area contributed by atoms with Crippen LogP contribution in [0.2, 0.25) is 0 Å². The molecule has 0 amide bonds. The SMILES string of the molecule is CNc1ccc2c(c1)=S(Cl)c1c(cccc1N(C)C)N=2. The molecule has 1 aliphatic rings. The summed E-state index contributed by atoms with van der Waals surface area (Å²) in [5.41, 5.74) is 3.16. The van der Waals surface area contributed by atoms with Crippen LogP contribution >= 0.6 is 20.4 Å². The van der Waals surface area contributed by atoms with E-state index in [9.17, 15) is 0 Å². The second kappa shape index (κ2) is 5.11. The van der Waals surface area contributed by atoms with Gasteiger partial charge in [0, 0.05) is 31.3 Å². The first-order valence-electron chi connectivity index (χ1n) is 6.36. The molecule has 5 heteroatoms. The zero-order chi connectivity index (χ0) is 14.3. The van der Waals surface area contributed by atoms with Crippen molar-refractivity contribution < 1.29 is 0 Å². The van der Waals surface area contributed by atoms with Gasteiger partial charge in [0.2, 0.25) is 0 Å². The number of hydrogen-bond acceptors (Lipinski definition) is 3. The van der Waals surface area contributed by atoms with Gasteiger partial charge in [-0.3, -0.25) is 0 Å². The van der Waals surface area contributed by atoms with E-state index in [0.29, 0.717) is 0 Å². The van der Waals surface area contributed by atoms with Crippen LogP contribution in [0.3, 0.4) is 0 Å². The van der Waals surface area contributed by atoms with Crippen LogP contribution in [0.25, 0.3) is 0 Å². The number of nitrogens with one attached hydrogen (secondary N) is 1. The molecule has 0 radical (unpaired) electrons. The molecule has 1 heterocycles. The Labute approximate surface area is 125 Å². The van der Waals surface area contributed by atoms with Gasteiger partial charge in [-0.2, -0.15) is 0 Å². The summed E-state index contributed by atoms with van der Waals surface area (Å²) in [6, 6.07) is 12.3. The van der Waals surface area contributed by atoms with Crippen molar-refractivity contribution in [2.75, 3.05) is 31.4 Å². The molecule has 2 aromatic rings. The van der Waals surface area contributed by atoms with Gasteiger partial charge < -0.3 is 10.2 Å². The molecule has 0 bridgehead atoms. The van der Waals surface area contributed by atoms with Crippen molar-refractivity contribution in [1.82, 2.24) is 0 Å². The fourth-order valence-electron chi connectivity index (χ4n) is 2.28. The Balaban J connectivity index is 2.38. The minimum atomic E-state index is -0.487. The van der Waals surface area contributed by atoms with E-state index in [1.54, 1.807) is 0 Å². The van der Waals surface area contributed by atoms with Gasteiger partial charge in [-0.05, 0) is 50.7 Å². The van der Waals surface area contributed by atoms with Crippen LogP contribution < -0.4 is 15.6 Å². The summed E-state index contributed by atoms with van der Waals surface area (Å²) >= 11 is 0. The third-order valence-electron chi connectivity index (χ3n) is 3.32. The molecule has 0 saturated heterocycles. The van der Waals surface area contributed by atoms with Crippen molar-refractivity contribution in [3.8, 4) is 0 Å². The molecular formula is C15H16ClN3S. The maximum atomic E-state index is 6.77. The first-order chi connectivity index (χ1) is 9.61. The van der Waals surface area contributed by atoms with Crippen LogP contribution in [-0.4, -0.2) is 21.1 Å². The van der Waals surface area contributed by atoms with E-state index in [4.69, 9.17) is 15.7 Å². The highest BCUT2D eigenvalue weighted by Gasteiger charge is 2.16. The molecule has 20 heavy (non-hydrogen) atoms. The molecule has 0 saturated carbocycles. The lowest BCUT2D eigenvalue weighted by Crippen LogP contribution is -2.12. The lowest BCUT2D eigenvalue weighted by Gasteiger charge is -2.21. The Kier molecular flexibility index (Phi) is 3.44. The average molecular weight is 306 g/mol. The Morgan fingerprint density at radius 3 is 2.70 bits per heavy atom. The summed E-state index contributed by atoms with van der Waals surface area (Å²) in [6.07, 6.45) is 0. The molecular weight excluding hydrogens is 290 g/mol. The van der Waals surface area contributed by atoms with Gasteiger partial charge in [0.25, 0.3) is 0 Å². The van der Waals surface area contributed by atoms with Gasteiger partial charge >= 0.3 is 0 Å². The van der Waals surface area contributed by atoms with Crippen molar-refractivity contribution in [2.45, 2.75) is 4.90 Å². The molecule has 1 aliphatic heterocycles. The number of rotatable bonds is 2. The standard InChI is InChI=1S/C15H16ClN3S/c1-17-10-7-8-11-14(9-10)20(16)15-12(18-11)5-4-6-13(15)19(2)3/h4-9,17H,1-3H3. The van der Waals surface area contributed by atoms with Crippen molar-refractivity contribution in [1.29, 1.82) is 0 Å². The van der Waals surface area contributed by atoms with Crippen molar-refractivity contribution >= 4 is 37.4 Å². The largest absolute Gasteiger partial charge is 0.388 e. The Bertz CT molecular complexity index is 799. The molecule has 1 atom stereocenters. The summed E-state index contributed by atoms with van der Waals surface area (Å²) in [5, 5.41) is 4.12. The van der Waals surface area contributed by atoms with Gasteiger partial charge in [-0.25, -0.2) is 4.99 Å². The van der Waals surface area contributed by atoms with Gasteiger partial charge in [-0.1, -0.05) is 6.07 Å². The van der Waals surface area contributed by atoms with Crippen LogP contribution in [0.4, 0.5) is 17.1 Å². The Hall–Kier alpha value is -1.52. The number of halogens is 1. The number of benzene rings is 2. The van der Waals surface area contributed by atoms with Gasteiger partial charge in [-0.15, -0.1) is 0 Å². The smallest absolute Gasteiger partial charge is 0.0801 e. The predicted octanol–water partition coefficient (Wildman–Crippen LogP) is 3.79. The highest BCUT2D eigenvalue weighted by atomic mass is 35.7. The molecule has 1 unspecified atom stereocenters. The molecule has 104 valence electrons. The maximum Gasteiger partial charge on any atom is 0.0801 e. The average Bonchev–Trinajstić information content (AvgIpc) is 2.46. The van der Waals surface area contributed by atoms with Crippen molar-refractivity contribution in [3.05, 3.63) is 46.3 Å². The molecule has 2 aromatic carbocycles. The summed E-state index contributed by atoms with van der Waals surface area (Å²) in [5.74, 6) is 0. The van der Waals surface area contributed by atoms with Crippen molar-refractivity contribution in [3.63, 3.8) is 0 Å². The molecule has 0 aliphatic carbocycles. The lowest BCUT2D eigenvalue weighted by atomic mass is 10.2. The third kappa shape index (κ3) is 2.09. The molecule has 0 aromatic heterocycles. The lowest BCUT2D eigenvalue weighted by molar-refractivity contribution is 1.09. The molecule has 0 spiro atoms. The second-order valence-electron chi connectivity index (χ2n) is 4.82. The normalized spacial score (nSPS) is 15.9. The number of fused-ring (bicyclic) bond motifs is 2. The van der Waals surface area contributed by atoms with Gasteiger partial charge in [0.15, 0.2) is 0 Å². The highest BCUT2D eigenvalue weighted by Crippen LogP contribution is 2.47. The van der Waals surface area contributed by atoms with E-state index in [1.807, 2.05) is 45.4 Å². The van der Waals surface area contributed by atoms with Gasteiger partial charge in [0.1, 0.15) is 0 Å².